The third-order valence-corrected chi connectivity index (χ3v) is 4.53. The molecule has 1 unspecified atom stereocenters. The van der Waals surface area contributed by atoms with Crippen LogP contribution in [0.5, 0.6) is 0 Å². The minimum atomic E-state index is 0.510. The summed E-state index contributed by atoms with van der Waals surface area (Å²) >= 11 is 7.84. The fraction of sp³-hybridized carbons (Fsp3) is 0.417. The van der Waals surface area contributed by atoms with E-state index in [1.54, 1.807) is 11.3 Å². The lowest BCUT2D eigenvalue weighted by atomic mass is 10.2. The molecule has 1 atom stereocenters. The van der Waals surface area contributed by atoms with Crippen LogP contribution in [0.2, 0.25) is 5.02 Å². The van der Waals surface area contributed by atoms with Gasteiger partial charge in [-0.2, -0.15) is 0 Å². The summed E-state index contributed by atoms with van der Waals surface area (Å²) in [7, 11) is 0. The number of hydrogen-bond acceptors (Lipinski definition) is 4. The lowest BCUT2D eigenvalue weighted by molar-refractivity contribution is 0.483. The number of fused-ring (bicyclic) bond motifs is 1. The van der Waals surface area contributed by atoms with Crippen molar-refractivity contribution in [2.45, 2.75) is 13.0 Å². The van der Waals surface area contributed by atoms with Crippen LogP contribution in [-0.2, 0) is 0 Å². The Kier molecular flexibility index (Phi) is 2.94. The fourth-order valence-corrected chi connectivity index (χ4v) is 3.55. The number of aromatic nitrogens is 1. The first-order valence-corrected chi connectivity index (χ1v) is 7.01. The van der Waals surface area contributed by atoms with E-state index < -0.39 is 0 Å². The highest BCUT2D eigenvalue weighted by Gasteiger charge is 2.19. The highest BCUT2D eigenvalue weighted by Crippen LogP contribution is 2.35. The van der Waals surface area contributed by atoms with Crippen LogP contribution in [0.1, 0.15) is 6.92 Å². The summed E-state index contributed by atoms with van der Waals surface area (Å²) in [5.41, 5.74) is 0. The van der Waals surface area contributed by atoms with Crippen molar-refractivity contribution in [1.29, 1.82) is 0 Å². The number of rotatable bonds is 1. The zero-order chi connectivity index (χ0) is 11.8. The average molecular weight is 268 g/mol. The van der Waals surface area contributed by atoms with Gasteiger partial charge in [0.05, 0.1) is 9.72 Å². The van der Waals surface area contributed by atoms with Gasteiger partial charge in [0.2, 0.25) is 0 Å². The Balaban J connectivity index is 2.04. The summed E-state index contributed by atoms with van der Waals surface area (Å²) in [5.74, 6) is 1.08. The molecule has 1 fully saturated rings. The van der Waals surface area contributed by atoms with Crippen LogP contribution in [-0.4, -0.2) is 30.7 Å². The summed E-state index contributed by atoms with van der Waals surface area (Å²) in [6.07, 6.45) is 1.85. The summed E-state index contributed by atoms with van der Waals surface area (Å²) < 4.78 is 1.20. The van der Waals surface area contributed by atoms with E-state index in [0.717, 1.165) is 35.9 Å². The van der Waals surface area contributed by atoms with Crippen molar-refractivity contribution in [3.63, 3.8) is 0 Å². The van der Waals surface area contributed by atoms with Gasteiger partial charge in [-0.1, -0.05) is 11.6 Å². The number of anilines is 1. The predicted molar refractivity (Wildman–Crippen MR) is 74.3 cm³/mol. The Labute approximate surface area is 109 Å². The Bertz CT molecular complexity index is 540. The van der Waals surface area contributed by atoms with Crippen molar-refractivity contribution in [2.75, 3.05) is 24.5 Å². The second-order valence-corrected chi connectivity index (χ2v) is 5.68. The first-order valence-electron chi connectivity index (χ1n) is 5.76. The zero-order valence-electron chi connectivity index (χ0n) is 9.61. The second-order valence-electron chi connectivity index (χ2n) is 4.40. The molecule has 1 aliphatic rings. The molecule has 1 N–H and O–H groups in total. The molecule has 0 saturated carbocycles. The van der Waals surface area contributed by atoms with Gasteiger partial charge in [-0.15, -0.1) is 11.3 Å². The van der Waals surface area contributed by atoms with Crippen LogP contribution in [0.15, 0.2) is 17.6 Å². The van der Waals surface area contributed by atoms with E-state index in [1.807, 2.05) is 17.6 Å². The van der Waals surface area contributed by atoms with E-state index in [9.17, 15) is 0 Å². The van der Waals surface area contributed by atoms with Crippen LogP contribution < -0.4 is 10.2 Å². The lowest BCUT2D eigenvalue weighted by Gasteiger charge is -2.32. The van der Waals surface area contributed by atoms with E-state index in [2.05, 4.69) is 22.1 Å². The minimum Gasteiger partial charge on any atom is -0.353 e. The standard InChI is InChI=1S/C12H14ClN3S/c1-8-6-16(5-4-14-8)12-11-9(2-3-15-12)10(13)7-17-11/h2-3,7-8,14H,4-6H2,1H3. The number of hydrogen-bond donors (Lipinski definition) is 1. The molecule has 2 aromatic rings. The molecule has 90 valence electrons. The van der Waals surface area contributed by atoms with Crippen LogP contribution in [0.4, 0.5) is 5.82 Å². The molecule has 1 aliphatic heterocycles. The van der Waals surface area contributed by atoms with Crippen molar-refractivity contribution in [1.82, 2.24) is 10.3 Å². The minimum absolute atomic E-state index is 0.510. The summed E-state index contributed by atoms with van der Waals surface area (Å²) in [5, 5.41) is 7.38. The van der Waals surface area contributed by atoms with Gasteiger partial charge in [0.15, 0.2) is 0 Å². The molecule has 3 heterocycles. The maximum absolute atomic E-state index is 6.16. The SMILES string of the molecule is CC1CN(c2nccc3c(Cl)csc23)CCN1. The van der Waals surface area contributed by atoms with Gasteiger partial charge < -0.3 is 10.2 Å². The number of pyridine rings is 1. The van der Waals surface area contributed by atoms with E-state index in [0.29, 0.717) is 6.04 Å². The van der Waals surface area contributed by atoms with Gasteiger partial charge >= 0.3 is 0 Å². The molecule has 5 heteroatoms. The van der Waals surface area contributed by atoms with Gasteiger partial charge in [-0.3, -0.25) is 0 Å². The molecule has 3 nitrogen and oxygen atoms in total. The number of piperazine rings is 1. The van der Waals surface area contributed by atoms with Gasteiger partial charge in [-0.05, 0) is 13.0 Å². The van der Waals surface area contributed by atoms with Crippen LogP contribution in [0, 0.1) is 0 Å². The van der Waals surface area contributed by atoms with Gasteiger partial charge in [0.1, 0.15) is 5.82 Å². The molecule has 0 aliphatic carbocycles. The Morgan fingerprint density at radius 3 is 3.29 bits per heavy atom. The molecule has 0 radical (unpaired) electrons. The lowest BCUT2D eigenvalue weighted by Crippen LogP contribution is -2.49. The van der Waals surface area contributed by atoms with E-state index >= 15 is 0 Å². The predicted octanol–water partition coefficient (Wildman–Crippen LogP) is 2.75. The quantitative estimate of drug-likeness (QED) is 0.861. The molecule has 0 spiro atoms. The zero-order valence-corrected chi connectivity index (χ0v) is 11.2. The van der Waals surface area contributed by atoms with Crippen molar-refractivity contribution in [3.05, 3.63) is 22.7 Å². The van der Waals surface area contributed by atoms with Crippen LogP contribution >= 0.6 is 22.9 Å². The summed E-state index contributed by atoms with van der Waals surface area (Å²) in [6.45, 7) is 5.22. The smallest absolute Gasteiger partial charge is 0.146 e. The van der Waals surface area contributed by atoms with E-state index in [4.69, 9.17) is 11.6 Å². The topological polar surface area (TPSA) is 28.2 Å². The molecule has 1 saturated heterocycles. The molecule has 3 rings (SSSR count). The molecule has 0 amide bonds. The molecule has 17 heavy (non-hydrogen) atoms. The number of halogens is 1. The van der Waals surface area contributed by atoms with Gasteiger partial charge in [0, 0.05) is 42.6 Å². The Morgan fingerprint density at radius 1 is 1.59 bits per heavy atom. The van der Waals surface area contributed by atoms with Crippen molar-refractivity contribution in [2.24, 2.45) is 0 Å². The number of nitrogens with zero attached hydrogens (tertiary/aromatic N) is 2. The first-order chi connectivity index (χ1) is 8.25. The number of nitrogens with one attached hydrogen (secondary N) is 1. The normalized spacial score (nSPS) is 21.1. The fourth-order valence-electron chi connectivity index (χ4n) is 2.27. The van der Waals surface area contributed by atoms with Crippen molar-refractivity contribution in [3.8, 4) is 0 Å². The van der Waals surface area contributed by atoms with Crippen LogP contribution in [0.25, 0.3) is 10.1 Å². The van der Waals surface area contributed by atoms with Crippen LogP contribution in [0.3, 0.4) is 0 Å². The molecule has 0 bridgehead atoms. The monoisotopic (exact) mass is 267 g/mol. The highest BCUT2D eigenvalue weighted by molar-refractivity contribution is 7.18. The molecular formula is C12H14ClN3S. The third kappa shape index (κ3) is 2.01. The maximum Gasteiger partial charge on any atom is 0.146 e. The second kappa shape index (κ2) is 4.44. The van der Waals surface area contributed by atoms with Gasteiger partial charge in [0.25, 0.3) is 0 Å². The number of thiophene rings is 1. The third-order valence-electron chi connectivity index (χ3n) is 3.09. The molecule has 2 aromatic heterocycles. The largest absolute Gasteiger partial charge is 0.353 e. The van der Waals surface area contributed by atoms with E-state index in [-0.39, 0.29) is 0 Å². The summed E-state index contributed by atoms with van der Waals surface area (Å²) in [4.78, 5) is 6.87. The van der Waals surface area contributed by atoms with E-state index in [1.165, 1.54) is 4.70 Å². The van der Waals surface area contributed by atoms with Gasteiger partial charge in [-0.25, -0.2) is 4.98 Å². The van der Waals surface area contributed by atoms with Crippen molar-refractivity contribution < 1.29 is 0 Å². The van der Waals surface area contributed by atoms with Crippen molar-refractivity contribution >= 4 is 38.8 Å². The maximum atomic E-state index is 6.16. The average Bonchev–Trinajstić information content (AvgIpc) is 2.71. The Morgan fingerprint density at radius 2 is 2.47 bits per heavy atom. The molecular weight excluding hydrogens is 254 g/mol. The Hall–Kier alpha value is -0.840. The highest BCUT2D eigenvalue weighted by atomic mass is 35.5. The first kappa shape index (κ1) is 11.3. The molecule has 0 aromatic carbocycles. The summed E-state index contributed by atoms with van der Waals surface area (Å²) in [6, 6.07) is 2.50.